The summed E-state index contributed by atoms with van der Waals surface area (Å²) in [5.41, 5.74) is 6.77. The van der Waals surface area contributed by atoms with Crippen molar-refractivity contribution >= 4 is 17.7 Å². The first-order valence-electron chi connectivity index (χ1n) is 6.71. The first-order valence-corrected chi connectivity index (χ1v) is 7.59. The average Bonchev–Trinajstić information content (AvgIpc) is 2.45. The Morgan fingerprint density at radius 3 is 2.71 bits per heavy atom. The summed E-state index contributed by atoms with van der Waals surface area (Å²) < 4.78 is 0. The van der Waals surface area contributed by atoms with Crippen LogP contribution in [0.5, 0.6) is 0 Å². The molecule has 0 saturated carbocycles. The number of nitrogens with two attached hydrogens (primary N) is 1. The van der Waals surface area contributed by atoms with Crippen LogP contribution in [0.15, 0.2) is 46.3 Å². The highest BCUT2D eigenvalue weighted by Gasteiger charge is 2.20. The van der Waals surface area contributed by atoms with Gasteiger partial charge in [-0.1, -0.05) is 55.4 Å². The van der Waals surface area contributed by atoms with Gasteiger partial charge >= 0.3 is 0 Å². The predicted molar refractivity (Wildman–Crippen MR) is 83.1 cm³/mol. The predicted octanol–water partition coefficient (Wildman–Crippen LogP) is 2.04. The topological polar surface area (TPSA) is 88.8 Å². The Labute approximate surface area is 127 Å². The van der Waals surface area contributed by atoms with Crippen LogP contribution in [0.1, 0.15) is 29.9 Å². The van der Waals surface area contributed by atoms with Gasteiger partial charge in [-0.15, -0.1) is 0 Å². The fraction of sp³-hybridized carbons (Fsp3) is 0.267. The zero-order chi connectivity index (χ0) is 15.2. The Hall–Kier alpha value is -2.08. The van der Waals surface area contributed by atoms with Crippen LogP contribution in [0.2, 0.25) is 0 Å². The maximum Gasteiger partial charge on any atom is 0.251 e. The minimum absolute atomic E-state index is 0.216. The fourth-order valence-corrected chi connectivity index (χ4v) is 2.92. The van der Waals surface area contributed by atoms with Crippen LogP contribution in [0.3, 0.4) is 0 Å². The molecule has 3 N–H and O–H groups in total. The third-order valence-electron chi connectivity index (χ3n) is 2.87. The van der Waals surface area contributed by atoms with E-state index in [4.69, 9.17) is 5.73 Å². The number of nitrogens with one attached hydrogen (secondary N) is 1. The zero-order valence-electron chi connectivity index (χ0n) is 11.7. The number of aromatic amines is 1. The highest BCUT2D eigenvalue weighted by Crippen LogP contribution is 2.32. The third kappa shape index (κ3) is 4.19. The van der Waals surface area contributed by atoms with E-state index in [2.05, 4.69) is 9.97 Å². The van der Waals surface area contributed by atoms with Crippen LogP contribution in [0.4, 0.5) is 0 Å². The maximum atomic E-state index is 11.7. The van der Waals surface area contributed by atoms with Gasteiger partial charge in [0.1, 0.15) is 5.25 Å². The van der Waals surface area contributed by atoms with Crippen molar-refractivity contribution in [2.24, 2.45) is 5.73 Å². The molecule has 0 aliphatic heterocycles. The third-order valence-corrected chi connectivity index (χ3v) is 4.03. The Bertz CT molecular complexity index is 670. The van der Waals surface area contributed by atoms with E-state index in [0.29, 0.717) is 5.16 Å². The van der Waals surface area contributed by atoms with Crippen molar-refractivity contribution in [2.45, 2.75) is 30.2 Å². The number of hydrogen-bond donors (Lipinski definition) is 2. The molecule has 0 bridgehead atoms. The largest absolute Gasteiger partial charge is 0.368 e. The monoisotopic (exact) mass is 303 g/mol. The zero-order valence-corrected chi connectivity index (χ0v) is 12.5. The van der Waals surface area contributed by atoms with Gasteiger partial charge in [-0.05, 0) is 12.0 Å². The van der Waals surface area contributed by atoms with Crippen LogP contribution in [-0.2, 0) is 11.2 Å². The molecule has 0 unspecified atom stereocenters. The number of nitrogens with zero attached hydrogens (tertiary/aromatic N) is 1. The number of hydrogen-bond acceptors (Lipinski definition) is 4. The summed E-state index contributed by atoms with van der Waals surface area (Å²) >= 11 is 1.16. The number of amides is 1. The molecule has 2 rings (SSSR count). The van der Waals surface area contributed by atoms with E-state index in [1.807, 2.05) is 37.3 Å². The molecule has 21 heavy (non-hydrogen) atoms. The molecule has 0 aliphatic rings. The number of benzene rings is 1. The fourth-order valence-electron chi connectivity index (χ4n) is 1.95. The summed E-state index contributed by atoms with van der Waals surface area (Å²) in [6.07, 6.45) is 1.63. The smallest absolute Gasteiger partial charge is 0.251 e. The molecule has 5 nitrogen and oxygen atoms in total. The number of aryl methyl sites for hydroxylation is 1. The minimum Gasteiger partial charge on any atom is -0.368 e. The Kier molecular flexibility index (Phi) is 5.16. The lowest BCUT2D eigenvalue weighted by Gasteiger charge is -2.13. The summed E-state index contributed by atoms with van der Waals surface area (Å²) in [4.78, 5) is 30.4. The summed E-state index contributed by atoms with van der Waals surface area (Å²) in [7, 11) is 0. The Morgan fingerprint density at radius 2 is 2.10 bits per heavy atom. The van der Waals surface area contributed by atoms with Crippen LogP contribution < -0.4 is 11.3 Å². The molecule has 0 saturated heterocycles. The lowest BCUT2D eigenvalue weighted by Crippen LogP contribution is -2.20. The Morgan fingerprint density at radius 1 is 1.38 bits per heavy atom. The lowest BCUT2D eigenvalue weighted by molar-refractivity contribution is -0.117. The number of aromatic nitrogens is 2. The molecular weight excluding hydrogens is 286 g/mol. The van der Waals surface area contributed by atoms with E-state index in [9.17, 15) is 9.59 Å². The summed E-state index contributed by atoms with van der Waals surface area (Å²) in [6.45, 7) is 2.02. The van der Waals surface area contributed by atoms with Crippen LogP contribution in [0, 0.1) is 0 Å². The quantitative estimate of drug-likeness (QED) is 0.631. The van der Waals surface area contributed by atoms with Gasteiger partial charge < -0.3 is 10.7 Å². The molecule has 1 heterocycles. The number of carbonyl (C=O) groups is 1. The second-order valence-electron chi connectivity index (χ2n) is 4.60. The van der Waals surface area contributed by atoms with E-state index >= 15 is 0 Å². The van der Waals surface area contributed by atoms with Crippen molar-refractivity contribution in [3.8, 4) is 0 Å². The summed E-state index contributed by atoms with van der Waals surface area (Å²) in [5.74, 6) is -0.463. The van der Waals surface area contributed by atoms with Gasteiger partial charge in [0, 0.05) is 11.8 Å². The number of primary amides is 1. The van der Waals surface area contributed by atoms with Crippen molar-refractivity contribution in [1.82, 2.24) is 9.97 Å². The number of rotatable bonds is 6. The second kappa shape index (κ2) is 7.08. The summed E-state index contributed by atoms with van der Waals surface area (Å²) in [5, 5.41) is -0.162. The highest BCUT2D eigenvalue weighted by atomic mass is 32.2. The molecule has 1 aromatic carbocycles. The molecule has 110 valence electrons. The molecule has 1 amide bonds. The van der Waals surface area contributed by atoms with Crippen molar-refractivity contribution in [3.05, 3.63) is 58.0 Å². The lowest BCUT2D eigenvalue weighted by atomic mass is 10.1. The number of H-pyrrole nitrogens is 1. The van der Waals surface area contributed by atoms with Gasteiger partial charge in [-0.2, -0.15) is 0 Å². The first kappa shape index (κ1) is 15.3. The van der Waals surface area contributed by atoms with E-state index < -0.39 is 11.2 Å². The number of carbonyl (C=O) groups excluding carboxylic acids is 1. The molecule has 6 heteroatoms. The van der Waals surface area contributed by atoms with E-state index in [-0.39, 0.29) is 5.56 Å². The van der Waals surface area contributed by atoms with Crippen LogP contribution in [0.25, 0.3) is 0 Å². The Balaban J connectivity index is 2.29. The molecule has 1 aromatic heterocycles. The first-order chi connectivity index (χ1) is 10.1. The minimum atomic E-state index is -0.578. The van der Waals surface area contributed by atoms with E-state index in [1.165, 1.54) is 6.07 Å². The molecule has 0 fully saturated rings. The maximum absolute atomic E-state index is 11.7. The SMILES string of the molecule is CCCc1cc(=O)[nH]c(S[C@H](C(N)=O)c2ccccc2)n1. The molecular formula is C15H17N3O2S. The van der Waals surface area contributed by atoms with Crippen molar-refractivity contribution in [2.75, 3.05) is 0 Å². The molecule has 1 atom stereocenters. The van der Waals surface area contributed by atoms with Gasteiger partial charge in [-0.3, -0.25) is 9.59 Å². The molecule has 0 radical (unpaired) electrons. The molecule has 0 spiro atoms. The van der Waals surface area contributed by atoms with Crippen LogP contribution >= 0.6 is 11.8 Å². The van der Waals surface area contributed by atoms with Gasteiger partial charge in [0.15, 0.2) is 5.16 Å². The van der Waals surface area contributed by atoms with Crippen LogP contribution in [-0.4, -0.2) is 15.9 Å². The second-order valence-corrected chi connectivity index (χ2v) is 5.70. The molecule has 0 aliphatic carbocycles. The van der Waals surface area contributed by atoms with Gasteiger partial charge in [0.05, 0.1) is 0 Å². The van der Waals surface area contributed by atoms with Gasteiger partial charge in [-0.25, -0.2) is 4.98 Å². The van der Waals surface area contributed by atoms with Gasteiger partial charge in [0.25, 0.3) is 5.56 Å². The van der Waals surface area contributed by atoms with Crippen molar-refractivity contribution in [3.63, 3.8) is 0 Å². The highest BCUT2D eigenvalue weighted by molar-refractivity contribution is 8.00. The standard InChI is InChI=1S/C15H17N3O2S/c1-2-6-11-9-12(19)18-15(17-11)21-13(14(16)20)10-7-4-3-5-8-10/h3-5,7-9,13H,2,6H2,1H3,(H2,16,20)(H,17,18,19)/t13-/m0/s1. The van der Waals surface area contributed by atoms with Crippen molar-refractivity contribution < 1.29 is 4.79 Å². The average molecular weight is 303 g/mol. The summed E-state index contributed by atoms with van der Waals surface area (Å²) in [6, 6.07) is 10.7. The van der Waals surface area contributed by atoms with Gasteiger partial charge in [0.2, 0.25) is 5.91 Å². The van der Waals surface area contributed by atoms with Crippen molar-refractivity contribution in [1.29, 1.82) is 0 Å². The van der Waals surface area contributed by atoms with E-state index in [1.54, 1.807) is 0 Å². The van der Waals surface area contributed by atoms with E-state index in [0.717, 1.165) is 35.9 Å². The normalized spacial score (nSPS) is 12.0. The number of thioether (sulfide) groups is 1. The molecule has 2 aromatic rings.